The van der Waals surface area contributed by atoms with Gasteiger partial charge in [-0.25, -0.2) is 8.42 Å². The molecule has 1 aromatic carbocycles. The molecule has 1 amide bonds. The minimum Gasteiger partial charge on any atom is -0.341 e. The van der Waals surface area contributed by atoms with Crippen LogP contribution in [0.15, 0.2) is 58.5 Å². The fourth-order valence-electron chi connectivity index (χ4n) is 4.06. The minimum atomic E-state index is -3.59. The van der Waals surface area contributed by atoms with Crippen LogP contribution < -0.4 is 4.72 Å². The number of likely N-dealkylation sites (tertiary alicyclic amines) is 1. The molecular formula is C22H27N5O3S. The second-order valence-electron chi connectivity index (χ2n) is 7.92. The van der Waals surface area contributed by atoms with E-state index >= 15 is 0 Å². The summed E-state index contributed by atoms with van der Waals surface area (Å²) in [5.74, 6) is 0.129. The standard InChI is InChI=1S/C22H27N5O3S/c1-26(18-10-14-27(15-11-18)13-9-17-6-4-5-12-23-17)21(28)16-24-22-19-7-2-3-8-20(19)31(29,30)25-22/h2-8,12,18H,9-11,13-16H2,1H3,(H,24,25). The molecule has 164 valence electrons. The van der Waals surface area contributed by atoms with E-state index in [1.165, 1.54) is 6.07 Å². The first-order chi connectivity index (χ1) is 14.9. The predicted octanol–water partition coefficient (Wildman–Crippen LogP) is 1.29. The first-order valence-corrected chi connectivity index (χ1v) is 12.0. The maximum Gasteiger partial charge on any atom is 0.263 e. The van der Waals surface area contributed by atoms with Crippen LogP contribution in [0.1, 0.15) is 24.1 Å². The van der Waals surface area contributed by atoms with Gasteiger partial charge in [0.15, 0.2) is 0 Å². The average molecular weight is 442 g/mol. The Morgan fingerprint density at radius 3 is 2.68 bits per heavy atom. The third-order valence-corrected chi connectivity index (χ3v) is 7.34. The molecule has 1 N–H and O–H groups in total. The van der Waals surface area contributed by atoms with E-state index in [0.29, 0.717) is 5.56 Å². The van der Waals surface area contributed by atoms with Crippen LogP contribution in [-0.4, -0.2) is 74.2 Å². The number of rotatable bonds is 6. The summed E-state index contributed by atoms with van der Waals surface area (Å²) in [6.45, 7) is 2.77. The highest BCUT2D eigenvalue weighted by Gasteiger charge is 2.31. The largest absolute Gasteiger partial charge is 0.341 e. The monoisotopic (exact) mass is 441 g/mol. The van der Waals surface area contributed by atoms with Gasteiger partial charge in [-0.2, -0.15) is 0 Å². The maximum atomic E-state index is 12.7. The number of fused-ring (bicyclic) bond motifs is 1. The number of hydrogen-bond donors (Lipinski definition) is 1. The van der Waals surface area contributed by atoms with Crippen molar-refractivity contribution in [3.05, 3.63) is 59.9 Å². The van der Waals surface area contributed by atoms with Crippen molar-refractivity contribution in [2.75, 3.05) is 33.2 Å². The Morgan fingerprint density at radius 1 is 1.19 bits per heavy atom. The summed E-state index contributed by atoms with van der Waals surface area (Å²) < 4.78 is 26.8. The van der Waals surface area contributed by atoms with Crippen molar-refractivity contribution in [2.45, 2.75) is 30.2 Å². The normalized spacial score (nSPS) is 19.7. The van der Waals surface area contributed by atoms with Gasteiger partial charge in [0.2, 0.25) is 5.91 Å². The number of likely N-dealkylation sites (N-methyl/N-ethyl adjacent to an activating group) is 1. The molecule has 4 rings (SSSR count). The molecule has 1 fully saturated rings. The van der Waals surface area contributed by atoms with Crippen molar-refractivity contribution in [3.8, 4) is 0 Å². The molecule has 1 aromatic heterocycles. The molecule has 2 aliphatic heterocycles. The van der Waals surface area contributed by atoms with Gasteiger partial charge in [-0.15, -0.1) is 0 Å². The molecular weight excluding hydrogens is 414 g/mol. The first kappa shape index (κ1) is 21.5. The van der Waals surface area contributed by atoms with Crippen molar-refractivity contribution < 1.29 is 13.2 Å². The van der Waals surface area contributed by atoms with Crippen molar-refractivity contribution >= 4 is 21.8 Å². The number of sulfonamides is 1. The molecule has 2 aliphatic rings. The Bertz CT molecular complexity index is 1060. The van der Waals surface area contributed by atoms with Gasteiger partial charge in [0.1, 0.15) is 12.4 Å². The number of nitrogens with one attached hydrogen (secondary N) is 1. The maximum absolute atomic E-state index is 12.7. The number of aliphatic imine (C=N–C) groups is 1. The summed E-state index contributed by atoms with van der Waals surface area (Å²) in [6, 6.07) is 12.8. The van der Waals surface area contributed by atoms with E-state index in [4.69, 9.17) is 0 Å². The number of pyridine rings is 1. The van der Waals surface area contributed by atoms with Gasteiger partial charge in [-0.05, 0) is 37.1 Å². The number of hydrogen-bond acceptors (Lipinski definition) is 6. The van der Waals surface area contributed by atoms with Gasteiger partial charge >= 0.3 is 0 Å². The molecule has 0 atom stereocenters. The fourth-order valence-corrected chi connectivity index (χ4v) is 5.31. The van der Waals surface area contributed by atoms with Crippen molar-refractivity contribution in [1.29, 1.82) is 0 Å². The second-order valence-corrected chi connectivity index (χ2v) is 9.57. The lowest BCUT2D eigenvalue weighted by atomic mass is 10.0. The van der Waals surface area contributed by atoms with Gasteiger partial charge in [-0.3, -0.25) is 19.5 Å². The number of nitrogens with zero attached hydrogens (tertiary/aromatic N) is 4. The Hall–Kier alpha value is -2.78. The quantitative estimate of drug-likeness (QED) is 0.729. The molecule has 3 heterocycles. The molecule has 0 spiro atoms. The number of amidine groups is 1. The van der Waals surface area contributed by atoms with Crippen LogP contribution in [0, 0.1) is 0 Å². The second kappa shape index (κ2) is 9.15. The van der Waals surface area contributed by atoms with Crippen LogP contribution in [-0.2, 0) is 21.2 Å². The topological polar surface area (TPSA) is 95.0 Å². The summed E-state index contributed by atoms with van der Waals surface area (Å²) in [7, 11) is -1.78. The fraction of sp³-hybridized carbons (Fsp3) is 0.409. The summed E-state index contributed by atoms with van der Waals surface area (Å²) >= 11 is 0. The van der Waals surface area contributed by atoms with Crippen molar-refractivity contribution in [3.63, 3.8) is 0 Å². The van der Waals surface area contributed by atoms with Crippen LogP contribution in [0.2, 0.25) is 0 Å². The lowest BCUT2D eigenvalue weighted by molar-refractivity contribution is -0.131. The van der Waals surface area contributed by atoms with E-state index in [1.807, 2.05) is 31.4 Å². The zero-order valence-electron chi connectivity index (χ0n) is 17.6. The van der Waals surface area contributed by atoms with Crippen LogP contribution in [0.4, 0.5) is 0 Å². The highest BCUT2D eigenvalue weighted by Crippen LogP contribution is 2.22. The van der Waals surface area contributed by atoms with Crippen molar-refractivity contribution in [1.82, 2.24) is 19.5 Å². The number of carbonyl (C=O) groups excluding carboxylic acids is 1. The van der Waals surface area contributed by atoms with Gasteiger partial charge in [0, 0.05) is 56.6 Å². The molecule has 0 saturated carbocycles. The number of carbonyl (C=O) groups is 1. The number of benzene rings is 1. The summed E-state index contributed by atoms with van der Waals surface area (Å²) in [5, 5.41) is 0. The van der Waals surface area contributed by atoms with Gasteiger partial charge in [0.05, 0.1) is 4.90 Å². The zero-order chi connectivity index (χ0) is 21.8. The smallest absolute Gasteiger partial charge is 0.263 e. The van der Waals surface area contributed by atoms with Crippen molar-refractivity contribution in [2.24, 2.45) is 4.99 Å². The third kappa shape index (κ3) is 4.94. The molecule has 9 heteroatoms. The van der Waals surface area contributed by atoms with Gasteiger partial charge in [0.25, 0.3) is 10.0 Å². The number of amides is 1. The molecule has 1 saturated heterocycles. The number of aromatic nitrogens is 1. The van der Waals surface area contributed by atoms with Crippen LogP contribution >= 0.6 is 0 Å². The van der Waals surface area contributed by atoms with Crippen LogP contribution in [0.25, 0.3) is 0 Å². The molecule has 0 bridgehead atoms. The molecule has 2 aromatic rings. The SMILES string of the molecule is CN(C(=O)CN=C1NS(=O)(=O)c2ccccc21)C1CCN(CCc2ccccn2)CC1. The summed E-state index contributed by atoms with van der Waals surface area (Å²) in [6.07, 6.45) is 4.57. The summed E-state index contributed by atoms with van der Waals surface area (Å²) in [4.78, 5) is 25.7. The van der Waals surface area contributed by atoms with Gasteiger partial charge < -0.3 is 9.80 Å². The van der Waals surface area contributed by atoms with E-state index in [9.17, 15) is 13.2 Å². The average Bonchev–Trinajstić information content (AvgIpc) is 3.07. The highest BCUT2D eigenvalue weighted by atomic mass is 32.2. The molecule has 31 heavy (non-hydrogen) atoms. The molecule has 0 radical (unpaired) electrons. The highest BCUT2D eigenvalue weighted by molar-refractivity contribution is 7.90. The van der Waals surface area contributed by atoms with Crippen LogP contribution in [0.5, 0.6) is 0 Å². The van der Waals surface area contributed by atoms with Crippen LogP contribution in [0.3, 0.4) is 0 Å². The lowest BCUT2D eigenvalue weighted by Crippen LogP contribution is -2.46. The first-order valence-electron chi connectivity index (χ1n) is 10.5. The van der Waals surface area contributed by atoms with E-state index in [-0.39, 0.29) is 29.2 Å². The zero-order valence-corrected chi connectivity index (χ0v) is 18.4. The third-order valence-electron chi connectivity index (χ3n) is 5.94. The molecule has 0 aliphatic carbocycles. The predicted molar refractivity (Wildman–Crippen MR) is 118 cm³/mol. The lowest BCUT2D eigenvalue weighted by Gasteiger charge is -2.36. The Kier molecular flexibility index (Phi) is 6.33. The Labute approximate surface area is 183 Å². The Morgan fingerprint density at radius 2 is 1.94 bits per heavy atom. The summed E-state index contributed by atoms with van der Waals surface area (Å²) in [5.41, 5.74) is 1.61. The number of piperidine rings is 1. The van der Waals surface area contributed by atoms with Gasteiger partial charge in [-0.1, -0.05) is 18.2 Å². The van der Waals surface area contributed by atoms with E-state index in [2.05, 4.69) is 19.6 Å². The van der Waals surface area contributed by atoms with E-state index < -0.39 is 10.0 Å². The minimum absolute atomic E-state index is 0.0808. The van der Waals surface area contributed by atoms with E-state index in [1.54, 1.807) is 23.1 Å². The Balaban J connectivity index is 1.28. The molecule has 8 nitrogen and oxygen atoms in total. The van der Waals surface area contributed by atoms with E-state index in [0.717, 1.165) is 44.6 Å². The molecule has 0 unspecified atom stereocenters.